The van der Waals surface area contributed by atoms with E-state index >= 15 is 4.39 Å². The smallest absolute Gasteiger partial charge is 0.279 e. The summed E-state index contributed by atoms with van der Waals surface area (Å²) in [4.78, 5) is 16.9. The lowest BCUT2D eigenvalue weighted by Gasteiger charge is -2.14. The molecule has 32 heavy (non-hydrogen) atoms. The van der Waals surface area contributed by atoms with Crippen molar-refractivity contribution < 1.29 is 26.7 Å². The van der Waals surface area contributed by atoms with E-state index in [0.29, 0.717) is 11.3 Å². The maximum atomic E-state index is 15.2. The fourth-order valence-corrected chi connectivity index (χ4v) is 3.91. The summed E-state index contributed by atoms with van der Waals surface area (Å²) in [6.07, 6.45) is 5.71. The first-order valence-electron chi connectivity index (χ1n) is 9.31. The lowest BCUT2D eigenvalue weighted by Crippen LogP contribution is -2.22. The summed E-state index contributed by atoms with van der Waals surface area (Å²) in [5, 5.41) is 5.35. The molecule has 0 aliphatic carbocycles. The molecule has 3 N–H and O–H groups in total. The standard InChI is InChI=1S/C21H20F2N4O4S/c1-13-14(11-25-12-24-10-8-17(13)31-2)21(28)19-15(22)6-7-16(20(19)23)27-32(29,30)18-5-3-4-9-26-18/h3-11,24-25,27H,12H2,1-2H3/b10-8-,14-11+,17-13-. The number of methoxy groups -OCH3 is 1. The van der Waals surface area contributed by atoms with Gasteiger partial charge in [0.05, 0.1) is 25.0 Å². The number of benzene rings is 1. The average molecular weight is 462 g/mol. The van der Waals surface area contributed by atoms with Gasteiger partial charge in [0.25, 0.3) is 10.0 Å². The molecule has 0 amide bonds. The van der Waals surface area contributed by atoms with Crippen molar-refractivity contribution >= 4 is 21.5 Å². The number of allylic oxidation sites excluding steroid dienone is 3. The Labute approximate surface area is 183 Å². The number of Topliss-reactive ketones (excluding diaryl/α,β-unsaturated/α-hetero) is 1. The second kappa shape index (κ2) is 9.60. The van der Waals surface area contributed by atoms with Crippen LogP contribution in [0.4, 0.5) is 14.5 Å². The molecule has 1 aliphatic heterocycles. The van der Waals surface area contributed by atoms with Crippen LogP contribution in [0.25, 0.3) is 0 Å². The third-order valence-corrected chi connectivity index (χ3v) is 5.80. The number of nitrogens with zero attached hydrogens (tertiary/aromatic N) is 1. The predicted molar refractivity (Wildman–Crippen MR) is 114 cm³/mol. The Morgan fingerprint density at radius 3 is 2.66 bits per heavy atom. The Balaban J connectivity index is 2.06. The summed E-state index contributed by atoms with van der Waals surface area (Å²) >= 11 is 0. The molecule has 8 nitrogen and oxygen atoms in total. The fourth-order valence-electron chi connectivity index (χ4n) is 2.91. The number of carbonyl (C=O) groups excluding carboxylic acids is 1. The van der Waals surface area contributed by atoms with Crippen molar-refractivity contribution in [2.24, 2.45) is 0 Å². The van der Waals surface area contributed by atoms with Gasteiger partial charge in [0.2, 0.25) is 5.78 Å². The second-order valence-electron chi connectivity index (χ2n) is 6.56. The number of rotatable bonds is 6. The van der Waals surface area contributed by atoms with E-state index in [-0.39, 0.29) is 17.3 Å². The van der Waals surface area contributed by atoms with Crippen molar-refractivity contribution in [3.8, 4) is 0 Å². The summed E-state index contributed by atoms with van der Waals surface area (Å²) in [7, 11) is -2.87. The molecule has 0 saturated heterocycles. The molecular weight excluding hydrogens is 442 g/mol. The van der Waals surface area contributed by atoms with E-state index in [1.807, 2.05) is 4.72 Å². The predicted octanol–water partition coefficient (Wildman–Crippen LogP) is 2.81. The van der Waals surface area contributed by atoms with E-state index in [2.05, 4.69) is 15.6 Å². The summed E-state index contributed by atoms with van der Waals surface area (Å²) < 4.78 is 62.1. The molecule has 2 aromatic rings. The molecular formula is C21H20F2N4O4S. The lowest BCUT2D eigenvalue weighted by atomic mass is 9.96. The molecule has 0 saturated carbocycles. The van der Waals surface area contributed by atoms with Gasteiger partial charge in [-0.2, -0.15) is 8.42 Å². The maximum Gasteiger partial charge on any atom is 0.279 e. The van der Waals surface area contributed by atoms with Gasteiger partial charge in [-0.25, -0.2) is 13.8 Å². The molecule has 1 aliphatic rings. The largest absolute Gasteiger partial charge is 0.496 e. The minimum absolute atomic E-state index is 0.0577. The zero-order valence-electron chi connectivity index (χ0n) is 17.1. The van der Waals surface area contributed by atoms with Gasteiger partial charge in [0, 0.05) is 29.7 Å². The minimum atomic E-state index is -4.26. The van der Waals surface area contributed by atoms with Crippen LogP contribution < -0.4 is 15.4 Å². The number of aromatic nitrogens is 1. The van der Waals surface area contributed by atoms with Crippen LogP contribution in [0.5, 0.6) is 0 Å². The van der Waals surface area contributed by atoms with Gasteiger partial charge >= 0.3 is 0 Å². The van der Waals surface area contributed by atoms with Gasteiger partial charge < -0.3 is 15.4 Å². The molecule has 0 unspecified atom stereocenters. The van der Waals surface area contributed by atoms with E-state index in [1.165, 1.54) is 37.7 Å². The molecule has 1 aromatic heterocycles. The number of anilines is 1. The van der Waals surface area contributed by atoms with Gasteiger partial charge in [0.15, 0.2) is 10.8 Å². The normalized spacial score (nSPS) is 19.2. The third-order valence-electron chi connectivity index (χ3n) is 4.52. The van der Waals surface area contributed by atoms with Crippen molar-refractivity contribution in [2.75, 3.05) is 18.5 Å². The highest BCUT2D eigenvalue weighted by Gasteiger charge is 2.27. The zero-order valence-corrected chi connectivity index (χ0v) is 18.0. The van der Waals surface area contributed by atoms with E-state index < -0.39 is 38.7 Å². The molecule has 3 rings (SSSR count). The van der Waals surface area contributed by atoms with Crippen molar-refractivity contribution in [2.45, 2.75) is 11.9 Å². The average Bonchev–Trinajstić information content (AvgIpc) is 2.86. The van der Waals surface area contributed by atoms with E-state index in [9.17, 15) is 17.6 Å². The SMILES string of the molecule is COC1=C(C)\C(C(=O)c2c(F)ccc(NS(=O)(=O)c3ccccn3)c2F)=C/NCN/C=C\1. The lowest BCUT2D eigenvalue weighted by molar-refractivity contribution is 0.102. The summed E-state index contributed by atoms with van der Waals surface area (Å²) in [5.74, 6) is -3.19. The van der Waals surface area contributed by atoms with Crippen molar-refractivity contribution in [1.82, 2.24) is 15.6 Å². The maximum absolute atomic E-state index is 15.2. The van der Waals surface area contributed by atoms with Crippen LogP contribution in [0.2, 0.25) is 0 Å². The van der Waals surface area contributed by atoms with Crippen LogP contribution in [0.15, 0.2) is 76.9 Å². The van der Waals surface area contributed by atoms with Crippen LogP contribution in [-0.4, -0.2) is 33.0 Å². The Kier molecular flexibility index (Phi) is 6.89. The van der Waals surface area contributed by atoms with Gasteiger partial charge in [-0.05, 0) is 37.3 Å². The number of pyridine rings is 1. The Bertz CT molecular complexity index is 1230. The molecule has 2 heterocycles. The third kappa shape index (κ3) is 4.78. The van der Waals surface area contributed by atoms with Gasteiger partial charge in [-0.15, -0.1) is 0 Å². The first kappa shape index (κ1) is 22.9. The van der Waals surface area contributed by atoms with Gasteiger partial charge in [0.1, 0.15) is 11.6 Å². The highest BCUT2D eigenvalue weighted by Crippen LogP contribution is 2.28. The molecule has 11 heteroatoms. The fraction of sp³-hybridized carbons (Fsp3) is 0.143. The monoisotopic (exact) mass is 462 g/mol. The zero-order chi connectivity index (χ0) is 23.3. The van der Waals surface area contributed by atoms with Gasteiger partial charge in [-0.1, -0.05) is 6.07 Å². The van der Waals surface area contributed by atoms with E-state index in [0.717, 1.165) is 12.1 Å². The van der Waals surface area contributed by atoms with Crippen LogP contribution in [-0.2, 0) is 14.8 Å². The number of hydrogen-bond acceptors (Lipinski definition) is 7. The Hall–Kier alpha value is -3.73. The van der Waals surface area contributed by atoms with Crippen LogP contribution in [0.3, 0.4) is 0 Å². The molecule has 168 valence electrons. The molecule has 1 aromatic carbocycles. The number of nitrogens with one attached hydrogen (secondary N) is 3. The number of ether oxygens (including phenoxy) is 1. The Morgan fingerprint density at radius 1 is 1.19 bits per heavy atom. The van der Waals surface area contributed by atoms with E-state index in [4.69, 9.17) is 4.74 Å². The van der Waals surface area contributed by atoms with Gasteiger partial charge in [-0.3, -0.25) is 9.52 Å². The number of hydrogen-bond donors (Lipinski definition) is 3. The quantitative estimate of drug-likeness (QED) is 0.567. The highest BCUT2D eigenvalue weighted by molar-refractivity contribution is 7.92. The van der Waals surface area contributed by atoms with Crippen LogP contribution in [0.1, 0.15) is 17.3 Å². The molecule has 0 bridgehead atoms. The number of carbonyl (C=O) groups is 1. The van der Waals surface area contributed by atoms with Crippen molar-refractivity contribution in [3.05, 3.63) is 89.1 Å². The topological polar surface area (TPSA) is 109 Å². The summed E-state index contributed by atoms with van der Waals surface area (Å²) in [5.41, 5.74) is -1.24. The van der Waals surface area contributed by atoms with E-state index in [1.54, 1.807) is 19.2 Å². The summed E-state index contributed by atoms with van der Waals surface area (Å²) in [6.45, 7) is 1.80. The molecule has 0 atom stereocenters. The highest BCUT2D eigenvalue weighted by atomic mass is 32.2. The number of sulfonamides is 1. The first-order valence-corrected chi connectivity index (χ1v) is 10.8. The Morgan fingerprint density at radius 2 is 1.97 bits per heavy atom. The summed E-state index contributed by atoms with van der Waals surface area (Å²) in [6, 6.07) is 5.88. The number of ketones is 1. The second-order valence-corrected chi connectivity index (χ2v) is 8.19. The number of halogens is 2. The van der Waals surface area contributed by atoms with Crippen molar-refractivity contribution in [3.63, 3.8) is 0 Å². The first-order chi connectivity index (χ1) is 15.3. The van der Waals surface area contributed by atoms with Crippen molar-refractivity contribution in [1.29, 1.82) is 0 Å². The van der Waals surface area contributed by atoms with Crippen LogP contribution >= 0.6 is 0 Å². The minimum Gasteiger partial charge on any atom is -0.496 e. The van der Waals surface area contributed by atoms with Crippen LogP contribution in [0, 0.1) is 11.6 Å². The molecule has 0 fully saturated rings. The molecule has 0 radical (unpaired) electrons. The molecule has 0 spiro atoms.